The molecule has 0 radical (unpaired) electrons. The van der Waals surface area contributed by atoms with Crippen molar-refractivity contribution in [1.29, 1.82) is 0 Å². The summed E-state index contributed by atoms with van der Waals surface area (Å²) >= 11 is 3.59. The lowest BCUT2D eigenvalue weighted by Crippen LogP contribution is -1.90. The molecule has 3 nitrogen and oxygen atoms in total. The van der Waals surface area contributed by atoms with Crippen LogP contribution in [-0.4, -0.2) is 11.6 Å². The highest BCUT2D eigenvalue weighted by Crippen LogP contribution is 2.36. The molecule has 0 saturated carbocycles. The van der Waals surface area contributed by atoms with Crippen LogP contribution in [0.1, 0.15) is 5.56 Å². The van der Waals surface area contributed by atoms with Crippen molar-refractivity contribution in [3.05, 3.63) is 40.5 Å². The van der Waals surface area contributed by atoms with Gasteiger partial charge >= 0.3 is 0 Å². The largest absolute Gasteiger partial charge is 0.493 e. The van der Waals surface area contributed by atoms with Crippen LogP contribution in [0.5, 0.6) is 5.75 Å². The third kappa shape index (κ3) is 1.89. The first-order chi connectivity index (χ1) is 8.24. The van der Waals surface area contributed by atoms with Gasteiger partial charge < -0.3 is 10.5 Å². The van der Waals surface area contributed by atoms with Crippen LogP contribution in [-0.2, 0) is 6.42 Å². The van der Waals surface area contributed by atoms with Gasteiger partial charge in [0, 0.05) is 28.2 Å². The van der Waals surface area contributed by atoms with Crippen LogP contribution in [0.15, 0.2) is 34.9 Å². The molecule has 0 spiro atoms. The Bertz CT molecular complexity index is 566. The Morgan fingerprint density at radius 3 is 2.94 bits per heavy atom. The first-order valence-electron chi connectivity index (χ1n) is 5.41. The fourth-order valence-corrected chi connectivity index (χ4v) is 2.60. The molecule has 0 atom stereocenters. The molecule has 0 amide bonds. The van der Waals surface area contributed by atoms with E-state index >= 15 is 0 Å². The highest BCUT2D eigenvalue weighted by atomic mass is 79.9. The van der Waals surface area contributed by atoms with Crippen LogP contribution < -0.4 is 10.5 Å². The molecule has 0 fully saturated rings. The zero-order valence-electron chi connectivity index (χ0n) is 9.11. The molecule has 1 aromatic heterocycles. The summed E-state index contributed by atoms with van der Waals surface area (Å²) in [5.41, 5.74) is 8.95. The third-order valence-corrected chi connectivity index (χ3v) is 3.53. The highest BCUT2D eigenvalue weighted by Gasteiger charge is 2.15. The zero-order valence-corrected chi connectivity index (χ0v) is 10.7. The van der Waals surface area contributed by atoms with Gasteiger partial charge in [-0.15, -0.1) is 0 Å². The van der Waals surface area contributed by atoms with Crippen molar-refractivity contribution >= 4 is 21.7 Å². The Morgan fingerprint density at radius 1 is 1.29 bits per heavy atom. The molecule has 17 heavy (non-hydrogen) atoms. The fourth-order valence-electron chi connectivity index (χ4n) is 1.98. The molecule has 1 aromatic carbocycles. The topological polar surface area (TPSA) is 48.1 Å². The molecule has 1 aliphatic heterocycles. The summed E-state index contributed by atoms with van der Waals surface area (Å²) in [5.74, 6) is 1.50. The van der Waals surface area contributed by atoms with E-state index in [-0.39, 0.29) is 0 Å². The molecule has 2 N–H and O–H groups in total. The van der Waals surface area contributed by atoms with Crippen molar-refractivity contribution in [1.82, 2.24) is 4.98 Å². The summed E-state index contributed by atoms with van der Waals surface area (Å²) in [6.45, 7) is 0.769. The lowest BCUT2D eigenvalue weighted by atomic mass is 10.0. The molecule has 0 bridgehead atoms. The number of aromatic nitrogens is 1. The molecule has 4 heteroatoms. The maximum absolute atomic E-state index is 5.59. The number of nitrogen functional groups attached to an aromatic ring is 1. The van der Waals surface area contributed by atoms with E-state index in [9.17, 15) is 0 Å². The van der Waals surface area contributed by atoms with Crippen molar-refractivity contribution in [3.8, 4) is 16.9 Å². The van der Waals surface area contributed by atoms with Crippen LogP contribution in [0.2, 0.25) is 0 Å². The number of anilines is 1. The van der Waals surface area contributed by atoms with E-state index in [2.05, 4.69) is 33.0 Å². The van der Waals surface area contributed by atoms with E-state index in [0.717, 1.165) is 34.4 Å². The Labute approximate surface area is 108 Å². The molecule has 0 unspecified atom stereocenters. The van der Waals surface area contributed by atoms with Crippen LogP contribution in [0.4, 0.5) is 5.82 Å². The number of pyridine rings is 1. The fraction of sp³-hybridized carbons (Fsp3) is 0.154. The molecule has 1 aliphatic rings. The van der Waals surface area contributed by atoms with E-state index in [4.69, 9.17) is 10.5 Å². The molecule has 2 heterocycles. The van der Waals surface area contributed by atoms with Crippen molar-refractivity contribution in [2.24, 2.45) is 0 Å². The van der Waals surface area contributed by atoms with Crippen LogP contribution >= 0.6 is 15.9 Å². The molecular formula is C13H11BrN2O. The Balaban J connectivity index is 2.11. The van der Waals surface area contributed by atoms with E-state index in [1.165, 1.54) is 5.56 Å². The highest BCUT2D eigenvalue weighted by molar-refractivity contribution is 9.10. The second-order valence-corrected chi connectivity index (χ2v) is 4.86. The van der Waals surface area contributed by atoms with E-state index in [1.807, 2.05) is 6.07 Å². The average Bonchev–Trinajstić information content (AvgIpc) is 2.76. The second kappa shape index (κ2) is 4.04. The van der Waals surface area contributed by atoms with Gasteiger partial charge in [-0.05, 0) is 29.8 Å². The third-order valence-electron chi connectivity index (χ3n) is 2.88. The predicted octanol–water partition coefficient (Wildman–Crippen LogP) is 3.03. The molecule has 0 aliphatic carbocycles. The van der Waals surface area contributed by atoms with Crippen molar-refractivity contribution in [2.75, 3.05) is 12.3 Å². The number of hydrogen-bond acceptors (Lipinski definition) is 3. The number of ether oxygens (including phenoxy) is 1. The number of rotatable bonds is 1. The number of nitrogens with two attached hydrogens (primary N) is 1. The maximum Gasteiger partial charge on any atom is 0.123 e. The minimum atomic E-state index is 0.530. The van der Waals surface area contributed by atoms with Crippen molar-refractivity contribution in [2.45, 2.75) is 6.42 Å². The molecular weight excluding hydrogens is 280 g/mol. The molecule has 0 saturated heterocycles. The number of fused-ring (bicyclic) bond motifs is 1. The summed E-state index contributed by atoms with van der Waals surface area (Å²) in [6.07, 6.45) is 2.75. The molecule has 2 aromatic rings. The smallest absolute Gasteiger partial charge is 0.123 e. The zero-order chi connectivity index (χ0) is 11.8. The first kappa shape index (κ1) is 10.6. The SMILES string of the molecule is Nc1ccc(-c2cc3c(cc2Br)CCO3)cn1. The van der Waals surface area contributed by atoms with Gasteiger partial charge in [-0.2, -0.15) is 0 Å². The van der Waals surface area contributed by atoms with Gasteiger partial charge in [0.15, 0.2) is 0 Å². The van der Waals surface area contributed by atoms with Crippen LogP contribution in [0.25, 0.3) is 11.1 Å². The number of halogens is 1. The van der Waals surface area contributed by atoms with Gasteiger partial charge in [-0.25, -0.2) is 4.98 Å². The normalized spacial score (nSPS) is 13.2. The van der Waals surface area contributed by atoms with Gasteiger partial charge in [-0.3, -0.25) is 0 Å². The van der Waals surface area contributed by atoms with Gasteiger partial charge in [0.2, 0.25) is 0 Å². The predicted molar refractivity (Wildman–Crippen MR) is 71.0 cm³/mol. The summed E-state index contributed by atoms with van der Waals surface area (Å²) in [4.78, 5) is 4.11. The summed E-state index contributed by atoms with van der Waals surface area (Å²) in [7, 11) is 0. The standard InChI is InChI=1S/C13H11BrN2O/c14-11-5-8-3-4-17-12(8)6-10(11)9-1-2-13(15)16-7-9/h1-2,5-7H,3-4H2,(H2,15,16). The minimum absolute atomic E-state index is 0.530. The monoisotopic (exact) mass is 290 g/mol. The van der Waals surface area contributed by atoms with Gasteiger partial charge in [0.1, 0.15) is 11.6 Å². The van der Waals surface area contributed by atoms with E-state index < -0.39 is 0 Å². The van der Waals surface area contributed by atoms with Gasteiger partial charge in [0.05, 0.1) is 6.61 Å². The lowest BCUT2D eigenvalue weighted by molar-refractivity contribution is 0.357. The lowest BCUT2D eigenvalue weighted by Gasteiger charge is -2.07. The summed E-state index contributed by atoms with van der Waals surface area (Å²) in [6, 6.07) is 7.94. The minimum Gasteiger partial charge on any atom is -0.493 e. The van der Waals surface area contributed by atoms with Gasteiger partial charge in [-0.1, -0.05) is 15.9 Å². The Kier molecular flexibility index (Phi) is 2.52. The van der Waals surface area contributed by atoms with E-state index in [1.54, 1.807) is 12.3 Å². The van der Waals surface area contributed by atoms with Crippen molar-refractivity contribution < 1.29 is 4.74 Å². The Morgan fingerprint density at radius 2 is 2.18 bits per heavy atom. The maximum atomic E-state index is 5.59. The van der Waals surface area contributed by atoms with Crippen LogP contribution in [0, 0.1) is 0 Å². The number of benzene rings is 1. The van der Waals surface area contributed by atoms with Crippen LogP contribution in [0.3, 0.4) is 0 Å². The molecule has 3 rings (SSSR count). The Hall–Kier alpha value is -1.55. The second-order valence-electron chi connectivity index (χ2n) is 4.01. The summed E-state index contributed by atoms with van der Waals surface area (Å²) < 4.78 is 6.64. The summed E-state index contributed by atoms with van der Waals surface area (Å²) in [5, 5.41) is 0. The average molecular weight is 291 g/mol. The first-order valence-corrected chi connectivity index (χ1v) is 6.20. The van der Waals surface area contributed by atoms with Crippen molar-refractivity contribution in [3.63, 3.8) is 0 Å². The number of hydrogen-bond donors (Lipinski definition) is 1. The molecule has 86 valence electrons. The number of nitrogens with zero attached hydrogens (tertiary/aromatic N) is 1. The van der Waals surface area contributed by atoms with E-state index in [0.29, 0.717) is 5.82 Å². The quantitative estimate of drug-likeness (QED) is 0.878. The van der Waals surface area contributed by atoms with Gasteiger partial charge in [0.25, 0.3) is 0 Å².